The van der Waals surface area contributed by atoms with E-state index in [2.05, 4.69) is 15.6 Å². The van der Waals surface area contributed by atoms with Crippen LogP contribution in [0.25, 0.3) is 0 Å². The van der Waals surface area contributed by atoms with E-state index in [-0.39, 0.29) is 17.9 Å². The fraction of sp³-hybridized carbons (Fsp3) is 0.143. The fourth-order valence-electron chi connectivity index (χ4n) is 2.68. The molecular weight excluding hydrogens is 474 g/mol. The molecule has 31 heavy (non-hydrogen) atoms. The van der Waals surface area contributed by atoms with Gasteiger partial charge in [0.05, 0.1) is 15.6 Å². The summed E-state index contributed by atoms with van der Waals surface area (Å²) in [4.78, 5) is 16.4. The summed E-state index contributed by atoms with van der Waals surface area (Å²) in [6.07, 6.45) is -4.67. The number of aromatic nitrogens is 1. The Hall–Kier alpha value is -2.48. The molecule has 3 rings (SSSR count). The summed E-state index contributed by atoms with van der Waals surface area (Å²) in [6.45, 7) is 1.84. The maximum absolute atomic E-state index is 13.2. The van der Waals surface area contributed by atoms with Gasteiger partial charge in [0.25, 0.3) is 5.91 Å². The molecule has 3 aromatic rings. The van der Waals surface area contributed by atoms with E-state index in [0.29, 0.717) is 31.9 Å². The van der Waals surface area contributed by atoms with Crippen molar-refractivity contribution in [1.29, 1.82) is 0 Å². The van der Waals surface area contributed by atoms with Crippen LogP contribution in [0.5, 0.6) is 0 Å². The van der Waals surface area contributed by atoms with Crippen LogP contribution in [0, 0.1) is 6.92 Å². The minimum Gasteiger partial charge on any atom is -0.348 e. The van der Waals surface area contributed by atoms with Crippen molar-refractivity contribution in [2.45, 2.75) is 19.6 Å². The number of halogens is 6. The number of hydrogen-bond acceptors (Lipinski definition) is 3. The van der Waals surface area contributed by atoms with E-state index in [0.717, 1.165) is 12.1 Å². The van der Waals surface area contributed by atoms with Gasteiger partial charge in [-0.25, -0.2) is 4.98 Å². The zero-order valence-corrected chi connectivity index (χ0v) is 18.2. The van der Waals surface area contributed by atoms with Gasteiger partial charge in [-0.15, -0.1) is 0 Å². The standard InChI is InChI=1S/C21H15Cl3F3N3O/c1-11-2-4-13(22)9-17(11)29-19-14(5-7-18(30-19)21(25,26)27)20(31)28-10-12-3-6-15(23)16(24)8-12/h2-9H,10H2,1H3,(H,28,31)(H,29,30). The summed E-state index contributed by atoms with van der Waals surface area (Å²) >= 11 is 17.8. The van der Waals surface area contributed by atoms with Gasteiger partial charge >= 0.3 is 6.18 Å². The molecule has 0 aliphatic heterocycles. The number of aryl methyl sites for hydroxylation is 1. The summed E-state index contributed by atoms with van der Waals surface area (Å²) in [7, 11) is 0. The molecule has 0 saturated carbocycles. The Bertz CT molecular complexity index is 1140. The molecule has 0 spiro atoms. The van der Waals surface area contributed by atoms with E-state index >= 15 is 0 Å². The molecule has 0 radical (unpaired) electrons. The molecule has 0 atom stereocenters. The number of benzene rings is 2. The van der Waals surface area contributed by atoms with Crippen molar-refractivity contribution in [2.75, 3.05) is 5.32 Å². The molecule has 0 fully saturated rings. The van der Waals surface area contributed by atoms with Gasteiger partial charge in [0.2, 0.25) is 0 Å². The van der Waals surface area contributed by atoms with Gasteiger partial charge in [-0.2, -0.15) is 13.2 Å². The maximum atomic E-state index is 13.2. The molecule has 0 bridgehead atoms. The first-order valence-corrected chi connectivity index (χ1v) is 10.0. The Morgan fingerprint density at radius 3 is 2.42 bits per heavy atom. The van der Waals surface area contributed by atoms with Crippen LogP contribution in [0.4, 0.5) is 24.7 Å². The highest BCUT2D eigenvalue weighted by Gasteiger charge is 2.33. The number of alkyl halides is 3. The molecule has 10 heteroatoms. The highest BCUT2D eigenvalue weighted by molar-refractivity contribution is 6.42. The van der Waals surface area contributed by atoms with Crippen LogP contribution in [0.3, 0.4) is 0 Å². The Balaban J connectivity index is 1.91. The molecule has 2 N–H and O–H groups in total. The van der Waals surface area contributed by atoms with Gasteiger partial charge in [0.1, 0.15) is 11.5 Å². The zero-order chi connectivity index (χ0) is 22.8. The van der Waals surface area contributed by atoms with Crippen LogP contribution >= 0.6 is 34.8 Å². The van der Waals surface area contributed by atoms with Crippen LogP contribution < -0.4 is 10.6 Å². The maximum Gasteiger partial charge on any atom is 0.433 e. The number of carbonyl (C=O) groups is 1. The molecule has 0 aliphatic rings. The van der Waals surface area contributed by atoms with Crippen molar-refractivity contribution in [3.8, 4) is 0 Å². The largest absolute Gasteiger partial charge is 0.433 e. The van der Waals surface area contributed by atoms with Gasteiger partial charge < -0.3 is 10.6 Å². The predicted octanol–water partition coefficient (Wildman–Crippen LogP) is 7.04. The molecule has 0 saturated heterocycles. The molecule has 162 valence electrons. The van der Waals surface area contributed by atoms with E-state index < -0.39 is 17.8 Å². The monoisotopic (exact) mass is 487 g/mol. The molecular formula is C21H15Cl3F3N3O. The number of carbonyl (C=O) groups excluding carboxylic acids is 1. The van der Waals surface area contributed by atoms with Gasteiger partial charge in [0, 0.05) is 17.3 Å². The summed E-state index contributed by atoms with van der Waals surface area (Å²) < 4.78 is 39.6. The number of anilines is 2. The van der Waals surface area contributed by atoms with Crippen molar-refractivity contribution >= 4 is 52.2 Å². The first kappa shape index (κ1) is 23.2. The van der Waals surface area contributed by atoms with E-state index in [4.69, 9.17) is 34.8 Å². The zero-order valence-electron chi connectivity index (χ0n) is 15.9. The molecule has 0 aliphatic carbocycles. The van der Waals surface area contributed by atoms with Crippen molar-refractivity contribution in [3.63, 3.8) is 0 Å². The minimum atomic E-state index is -4.67. The van der Waals surface area contributed by atoms with Gasteiger partial charge in [-0.1, -0.05) is 46.9 Å². The molecule has 1 heterocycles. The lowest BCUT2D eigenvalue weighted by Gasteiger charge is -2.16. The third-order valence-corrected chi connectivity index (χ3v) is 5.29. The summed E-state index contributed by atoms with van der Waals surface area (Å²) in [5.41, 5.74) is 0.620. The van der Waals surface area contributed by atoms with E-state index in [1.165, 1.54) is 6.07 Å². The Labute approximate surface area is 191 Å². The van der Waals surface area contributed by atoms with Crippen LogP contribution in [0.1, 0.15) is 27.2 Å². The average molecular weight is 489 g/mol. The second-order valence-electron chi connectivity index (χ2n) is 6.61. The Morgan fingerprint density at radius 2 is 1.74 bits per heavy atom. The topological polar surface area (TPSA) is 54.0 Å². The quantitative estimate of drug-likeness (QED) is 0.405. The minimum absolute atomic E-state index is 0.0626. The predicted molar refractivity (Wildman–Crippen MR) is 116 cm³/mol. The molecule has 1 aromatic heterocycles. The van der Waals surface area contributed by atoms with Crippen molar-refractivity contribution < 1.29 is 18.0 Å². The van der Waals surface area contributed by atoms with Crippen LogP contribution in [-0.2, 0) is 12.7 Å². The first-order chi connectivity index (χ1) is 14.5. The lowest BCUT2D eigenvalue weighted by molar-refractivity contribution is -0.141. The number of rotatable bonds is 5. The van der Waals surface area contributed by atoms with Gasteiger partial charge in [-0.05, 0) is 54.4 Å². The average Bonchev–Trinajstić information content (AvgIpc) is 2.70. The van der Waals surface area contributed by atoms with Crippen molar-refractivity contribution in [3.05, 3.63) is 86.0 Å². The highest BCUT2D eigenvalue weighted by atomic mass is 35.5. The molecule has 2 aromatic carbocycles. The normalized spacial score (nSPS) is 11.3. The Kier molecular flexibility index (Phi) is 6.99. The molecule has 0 unspecified atom stereocenters. The van der Waals surface area contributed by atoms with Crippen molar-refractivity contribution in [2.24, 2.45) is 0 Å². The highest BCUT2D eigenvalue weighted by Crippen LogP contribution is 2.31. The molecule has 4 nitrogen and oxygen atoms in total. The summed E-state index contributed by atoms with van der Waals surface area (Å²) in [5, 5.41) is 6.51. The van der Waals surface area contributed by atoms with Crippen LogP contribution in [-0.4, -0.2) is 10.9 Å². The third-order valence-electron chi connectivity index (χ3n) is 4.32. The molecule has 1 amide bonds. The van der Waals surface area contributed by atoms with E-state index in [1.54, 1.807) is 37.3 Å². The van der Waals surface area contributed by atoms with E-state index in [1.807, 2.05) is 0 Å². The number of amides is 1. The lowest BCUT2D eigenvalue weighted by atomic mass is 10.1. The second kappa shape index (κ2) is 9.34. The first-order valence-electron chi connectivity index (χ1n) is 8.88. The van der Waals surface area contributed by atoms with Crippen LogP contribution in [0.2, 0.25) is 15.1 Å². The summed E-state index contributed by atoms with van der Waals surface area (Å²) in [5.74, 6) is -0.860. The number of pyridine rings is 1. The SMILES string of the molecule is Cc1ccc(Cl)cc1Nc1nc(C(F)(F)F)ccc1C(=O)NCc1ccc(Cl)c(Cl)c1. The van der Waals surface area contributed by atoms with Gasteiger partial charge in [0.15, 0.2) is 0 Å². The second-order valence-corrected chi connectivity index (χ2v) is 7.86. The number of nitrogens with one attached hydrogen (secondary N) is 2. The third kappa shape index (κ3) is 5.81. The lowest BCUT2D eigenvalue weighted by Crippen LogP contribution is -2.24. The number of hydrogen-bond donors (Lipinski definition) is 2. The number of nitrogens with zero attached hydrogens (tertiary/aromatic N) is 1. The Morgan fingerprint density at radius 1 is 1.00 bits per heavy atom. The fourth-order valence-corrected chi connectivity index (χ4v) is 3.17. The van der Waals surface area contributed by atoms with Gasteiger partial charge in [-0.3, -0.25) is 4.79 Å². The van der Waals surface area contributed by atoms with E-state index in [9.17, 15) is 18.0 Å². The smallest absolute Gasteiger partial charge is 0.348 e. The van der Waals surface area contributed by atoms with Crippen molar-refractivity contribution in [1.82, 2.24) is 10.3 Å². The summed E-state index contributed by atoms with van der Waals surface area (Å²) in [6, 6.07) is 11.6. The van der Waals surface area contributed by atoms with Crippen LogP contribution in [0.15, 0.2) is 48.5 Å².